The van der Waals surface area contributed by atoms with Crippen LogP contribution >= 0.6 is 0 Å². The van der Waals surface area contributed by atoms with Gasteiger partial charge in [-0.25, -0.2) is 0 Å². The van der Waals surface area contributed by atoms with Crippen molar-refractivity contribution in [3.05, 3.63) is 23.8 Å². The first-order chi connectivity index (χ1) is 10.2. The van der Waals surface area contributed by atoms with E-state index in [0.717, 1.165) is 49.5 Å². The Morgan fingerprint density at radius 3 is 2.95 bits per heavy atom. The predicted molar refractivity (Wildman–Crippen MR) is 78.7 cm³/mol. The largest absolute Gasteiger partial charge is 0.493 e. The molecule has 1 spiro atoms. The topological polar surface area (TPSA) is 62.9 Å². The molecule has 0 amide bonds. The second-order valence-corrected chi connectivity index (χ2v) is 5.76. The fraction of sp³-hybridized carbons (Fsp3) is 0.625. The van der Waals surface area contributed by atoms with Crippen molar-refractivity contribution in [1.82, 2.24) is 0 Å². The summed E-state index contributed by atoms with van der Waals surface area (Å²) in [6, 6.07) is 5.85. The van der Waals surface area contributed by atoms with Crippen molar-refractivity contribution >= 4 is 0 Å². The van der Waals surface area contributed by atoms with Gasteiger partial charge in [0, 0.05) is 32.4 Å². The van der Waals surface area contributed by atoms with Gasteiger partial charge in [-0.15, -0.1) is 0 Å². The summed E-state index contributed by atoms with van der Waals surface area (Å²) in [6.45, 7) is 2.67. The normalized spacial score (nSPS) is 28.8. The first kappa shape index (κ1) is 14.6. The lowest BCUT2D eigenvalue weighted by Gasteiger charge is -2.37. The Bertz CT molecular complexity index is 485. The average molecular weight is 293 g/mol. The number of nitrogens with two attached hydrogens (primary N) is 1. The molecule has 2 aliphatic rings. The number of hydrogen-bond acceptors (Lipinski definition) is 5. The van der Waals surface area contributed by atoms with Crippen LogP contribution in [0.1, 0.15) is 24.8 Å². The molecule has 2 heterocycles. The first-order valence-electron chi connectivity index (χ1n) is 7.50. The SMILES string of the molecule is COc1cc(CN)ccc1OC1CCOC2(CCOC2)C1. The van der Waals surface area contributed by atoms with Crippen molar-refractivity contribution < 1.29 is 18.9 Å². The van der Waals surface area contributed by atoms with E-state index in [1.54, 1.807) is 7.11 Å². The maximum atomic E-state index is 6.16. The minimum atomic E-state index is -0.145. The molecule has 5 nitrogen and oxygen atoms in total. The highest BCUT2D eigenvalue weighted by Gasteiger charge is 2.42. The van der Waals surface area contributed by atoms with Gasteiger partial charge in [0.05, 0.1) is 25.9 Å². The molecular formula is C16H23NO4. The number of rotatable bonds is 4. The maximum Gasteiger partial charge on any atom is 0.161 e. The van der Waals surface area contributed by atoms with Crippen LogP contribution in [0.25, 0.3) is 0 Å². The van der Waals surface area contributed by atoms with Gasteiger partial charge in [-0.1, -0.05) is 6.07 Å². The molecule has 2 aliphatic heterocycles. The Morgan fingerprint density at radius 2 is 2.24 bits per heavy atom. The molecular weight excluding hydrogens is 270 g/mol. The van der Waals surface area contributed by atoms with Crippen LogP contribution in [-0.4, -0.2) is 38.6 Å². The van der Waals surface area contributed by atoms with Crippen molar-refractivity contribution in [3.63, 3.8) is 0 Å². The molecule has 2 unspecified atom stereocenters. The van der Waals surface area contributed by atoms with Crippen molar-refractivity contribution in [2.45, 2.75) is 37.5 Å². The van der Waals surface area contributed by atoms with Gasteiger partial charge in [-0.05, 0) is 17.7 Å². The summed E-state index contributed by atoms with van der Waals surface area (Å²) < 4.78 is 23.0. The molecule has 21 heavy (non-hydrogen) atoms. The molecule has 1 aromatic rings. The van der Waals surface area contributed by atoms with Crippen LogP contribution in [0, 0.1) is 0 Å². The van der Waals surface area contributed by atoms with E-state index in [4.69, 9.17) is 24.7 Å². The number of ether oxygens (including phenoxy) is 4. The van der Waals surface area contributed by atoms with Gasteiger partial charge < -0.3 is 24.7 Å². The third-order valence-corrected chi connectivity index (χ3v) is 4.27. The number of methoxy groups -OCH3 is 1. The van der Waals surface area contributed by atoms with Crippen molar-refractivity contribution in [2.75, 3.05) is 26.9 Å². The molecule has 1 aromatic carbocycles. The van der Waals surface area contributed by atoms with Crippen molar-refractivity contribution in [3.8, 4) is 11.5 Å². The lowest BCUT2D eigenvalue weighted by molar-refractivity contribution is -0.112. The van der Waals surface area contributed by atoms with E-state index in [0.29, 0.717) is 13.2 Å². The minimum Gasteiger partial charge on any atom is -0.493 e. The highest BCUT2D eigenvalue weighted by atomic mass is 16.6. The van der Waals surface area contributed by atoms with Crippen LogP contribution in [0.15, 0.2) is 18.2 Å². The van der Waals surface area contributed by atoms with E-state index in [1.807, 2.05) is 18.2 Å². The van der Waals surface area contributed by atoms with Crippen LogP contribution in [0.4, 0.5) is 0 Å². The quantitative estimate of drug-likeness (QED) is 0.918. The summed E-state index contributed by atoms with van der Waals surface area (Å²) in [5.41, 5.74) is 6.55. The van der Waals surface area contributed by atoms with Crippen LogP contribution in [0.5, 0.6) is 11.5 Å². The molecule has 0 aliphatic carbocycles. The molecule has 0 bridgehead atoms. The summed E-state index contributed by atoms with van der Waals surface area (Å²) in [4.78, 5) is 0. The van der Waals surface area contributed by atoms with Gasteiger partial charge >= 0.3 is 0 Å². The maximum absolute atomic E-state index is 6.16. The van der Waals surface area contributed by atoms with Crippen LogP contribution in [0.2, 0.25) is 0 Å². The second-order valence-electron chi connectivity index (χ2n) is 5.76. The standard InChI is InChI=1S/C16H23NO4/c1-18-15-8-12(10-17)2-3-14(15)21-13-4-6-20-16(9-13)5-7-19-11-16/h2-3,8,13H,4-7,9-11,17H2,1H3. The summed E-state index contributed by atoms with van der Waals surface area (Å²) in [5.74, 6) is 1.51. The summed E-state index contributed by atoms with van der Waals surface area (Å²) >= 11 is 0. The van der Waals surface area contributed by atoms with Crippen LogP contribution < -0.4 is 15.2 Å². The molecule has 0 radical (unpaired) electrons. The Hall–Kier alpha value is -1.30. The smallest absolute Gasteiger partial charge is 0.161 e. The molecule has 2 saturated heterocycles. The predicted octanol–water partition coefficient (Wildman–Crippen LogP) is 1.87. The average Bonchev–Trinajstić information content (AvgIpc) is 2.95. The molecule has 5 heteroatoms. The van der Waals surface area contributed by atoms with Gasteiger partial charge in [0.2, 0.25) is 0 Å². The number of benzene rings is 1. The molecule has 116 valence electrons. The molecule has 2 N–H and O–H groups in total. The van der Waals surface area contributed by atoms with Gasteiger partial charge in [-0.2, -0.15) is 0 Å². The van der Waals surface area contributed by atoms with E-state index >= 15 is 0 Å². The lowest BCUT2D eigenvalue weighted by atomic mass is 9.91. The van der Waals surface area contributed by atoms with Crippen LogP contribution in [0.3, 0.4) is 0 Å². The Balaban J connectivity index is 1.71. The van der Waals surface area contributed by atoms with E-state index in [2.05, 4.69) is 0 Å². The molecule has 0 aromatic heterocycles. The second kappa shape index (κ2) is 6.22. The summed E-state index contributed by atoms with van der Waals surface area (Å²) in [6.07, 6.45) is 2.85. The van der Waals surface area contributed by atoms with E-state index in [9.17, 15) is 0 Å². The van der Waals surface area contributed by atoms with Gasteiger partial charge in [-0.3, -0.25) is 0 Å². The molecule has 0 saturated carbocycles. The van der Waals surface area contributed by atoms with E-state index in [-0.39, 0.29) is 11.7 Å². The monoisotopic (exact) mass is 293 g/mol. The summed E-state index contributed by atoms with van der Waals surface area (Å²) in [5, 5.41) is 0. The Morgan fingerprint density at radius 1 is 1.33 bits per heavy atom. The third kappa shape index (κ3) is 3.15. The first-order valence-corrected chi connectivity index (χ1v) is 7.50. The van der Waals surface area contributed by atoms with Crippen LogP contribution in [-0.2, 0) is 16.0 Å². The zero-order valence-corrected chi connectivity index (χ0v) is 12.5. The zero-order chi connectivity index (χ0) is 14.7. The zero-order valence-electron chi connectivity index (χ0n) is 12.5. The molecule has 2 atom stereocenters. The van der Waals surface area contributed by atoms with Crippen molar-refractivity contribution in [1.29, 1.82) is 0 Å². The Kier molecular flexibility index (Phi) is 4.33. The number of hydrogen-bond donors (Lipinski definition) is 1. The van der Waals surface area contributed by atoms with Crippen molar-refractivity contribution in [2.24, 2.45) is 5.73 Å². The summed E-state index contributed by atoms with van der Waals surface area (Å²) in [7, 11) is 1.65. The lowest BCUT2D eigenvalue weighted by Crippen LogP contribution is -2.44. The Labute approximate surface area is 125 Å². The van der Waals surface area contributed by atoms with E-state index in [1.165, 1.54) is 0 Å². The highest BCUT2D eigenvalue weighted by molar-refractivity contribution is 5.43. The van der Waals surface area contributed by atoms with Gasteiger partial charge in [0.1, 0.15) is 6.10 Å². The highest BCUT2D eigenvalue weighted by Crippen LogP contribution is 2.36. The fourth-order valence-corrected chi connectivity index (χ4v) is 3.06. The molecule has 3 rings (SSSR count). The minimum absolute atomic E-state index is 0.137. The molecule has 2 fully saturated rings. The third-order valence-electron chi connectivity index (χ3n) is 4.27. The fourth-order valence-electron chi connectivity index (χ4n) is 3.06. The van der Waals surface area contributed by atoms with Gasteiger partial charge in [0.15, 0.2) is 11.5 Å². The van der Waals surface area contributed by atoms with E-state index < -0.39 is 0 Å². The van der Waals surface area contributed by atoms with Gasteiger partial charge in [0.25, 0.3) is 0 Å².